The summed E-state index contributed by atoms with van der Waals surface area (Å²) in [6.45, 7) is 1.43. The van der Waals surface area contributed by atoms with Crippen LogP contribution in [-0.2, 0) is 33.8 Å². The average Bonchev–Trinajstić information content (AvgIpc) is 3.16. The summed E-state index contributed by atoms with van der Waals surface area (Å²) >= 11 is 0. The van der Waals surface area contributed by atoms with Crippen LogP contribution in [0, 0.1) is 0 Å². The second kappa shape index (κ2) is 8.93. The molecule has 0 unspecified atom stereocenters. The Morgan fingerprint density at radius 3 is 2.68 bits per heavy atom. The lowest BCUT2D eigenvalue weighted by atomic mass is 10.1. The largest absolute Gasteiger partial charge is 0.421 e. The molecule has 178 valence electrons. The van der Waals surface area contributed by atoms with Crippen LogP contribution in [0.5, 0.6) is 0 Å². The molecule has 0 bridgehead atoms. The Morgan fingerprint density at radius 1 is 1.15 bits per heavy atom. The minimum Gasteiger partial charge on any atom is -0.365 e. The van der Waals surface area contributed by atoms with Gasteiger partial charge in [-0.3, -0.25) is 4.79 Å². The van der Waals surface area contributed by atoms with E-state index in [0.717, 1.165) is 5.56 Å². The van der Waals surface area contributed by atoms with Gasteiger partial charge in [-0.15, -0.1) is 0 Å². The van der Waals surface area contributed by atoms with Crippen LogP contribution in [0.2, 0.25) is 0 Å². The number of carbonyl (C=O) groups is 1. The van der Waals surface area contributed by atoms with E-state index in [-0.39, 0.29) is 35.5 Å². The normalized spacial score (nSPS) is 13.4. The fraction of sp³-hybridized carbons (Fsp3) is 0.227. The number of anilines is 4. The molecule has 0 radical (unpaired) electrons. The number of carbonyl (C=O) groups excluding carboxylic acids is 1. The van der Waals surface area contributed by atoms with Gasteiger partial charge in [0.05, 0.1) is 17.1 Å². The summed E-state index contributed by atoms with van der Waals surface area (Å²) in [4.78, 5) is 19.4. The van der Waals surface area contributed by atoms with Crippen molar-refractivity contribution in [3.05, 3.63) is 65.4 Å². The number of alkyl halides is 3. The topological polar surface area (TPSA) is 113 Å². The third-order valence-electron chi connectivity index (χ3n) is 5.18. The zero-order chi connectivity index (χ0) is 24.5. The minimum absolute atomic E-state index is 0.0740. The summed E-state index contributed by atoms with van der Waals surface area (Å²) in [5, 5.41) is 8.20. The Labute approximate surface area is 193 Å². The fourth-order valence-electron chi connectivity index (χ4n) is 3.42. The van der Waals surface area contributed by atoms with E-state index in [1.165, 1.54) is 25.1 Å². The Hall–Kier alpha value is -3.67. The van der Waals surface area contributed by atoms with Crippen molar-refractivity contribution < 1.29 is 26.4 Å². The van der Waals surface area contributed by atoms with Crippen molar-refractivity contribution in [3.8, 4) is 0 Å². The molecule has 2 aromatic carbocycles. The third-order valence-corrected chi connectivity index (χ3v) is 6.91. The monoisotopic (exact) mass is 491 g/mol. The number of nitrogens with zero attached hydrogens (tertiary/aromatic N) is 2. The molecule has 3 N–H and O–H groups in total. The molecule has 4 rings (SSSR count). The molecule has 3 aromatic rings. The Kier molecular flexibility index (Phi) is 6.17. The number of fused-ring (bicyclic) bond motifs is 1. The summed E-state index contributed by atoms with van der Waals surface area (Å²) in [6, 6.07) is 11.0. The van der Waals surface area contributed by atoms with Crippen LogP contribution in [0.25, 0.3) is 0 Å². The number of sulfone groups is 1. The van der Waals surface area contributed by atoms with Crippen LogP contribution in [0.4, 0.5) is 36.3 Å². The first-order valence-electron chi connectivity index (χ1n) is 10.2. The van der Waals surface area contributed by atoms with Gasteiger partial charge in [0.1, 0.15) is 11.4 Å². The quantitative estimate of drug-likeness (QED) is 0.455. The highest BCUT2D eigenvalue weighted by Crippen LogP contribution is 2.34. The number of hydrogen-bond acceptors (Lipinski definition) is 7. The minimum atomic E-state index is -4.70. The lowest BCUT2D eigenvalue weighted by molar-refractivity contribution is -0.137. The predicted octanol–water partition coefficient (Wildman–Crippen LogP) is 4.14. The van der Waals surface area contributed by atoms with Crippen molar-refractivity contribution in [1.29, 1.82) is 0 Å². The van der Waals surface area contributed by atoms with Crippen LogP contribution in [0.3, 0.4) is 0 Å². The average molecular weight is 491 g/mol. The Morgan fingerprint density at radius 2 is 1.94 bits per heavy atom. The molecule has 1 aromatic heterocycles. The zero-order valence-electron chi connectivity index (χ0n) is 17.9. The molecule has 12 heteroatoms. The van der Waals surface area contributed by atoms with Crippen molar-refractivity contribution in [3.63, 3.8) is 0 Å². The summed E-state index contributed by atoms with van der Waals surface area (Å²) in [7, 11) is -3.45. The number of rotatable bonds is 7. The van der Waals surface area contributed by atoms with Crippen LogP contribution in [-0.4, -0.2) is 30.0 Å². The maximum absolute atomic E-state index is 13.5. The first-order valence-corrected chi connectivity index (χ1v) is 11.9. The fourth-order valence-corrected chi connectivity index (χ4v) is 4.37. The third kappa shape index (κ3) is 5.11. The van der Waals surface area contributed by atoms with Gasteiger partial charge in [0.25, 0.3) is 0 Å². The standard InChI is InChI=1S/C22H20F3N5O3S/c1-2-34(32,33)16-5-3-4-13(8-16)11-26-20-17(22(23,24)25)12-27-21(30-20)28-15-6-7-18-14(9-15)10-19(31)29-18/h3-9,12H,2,10-11H2,1H3,(H,29,31)(H2,26,27,28,30). The Bertz CT molecular complexity index is 1360. The molecule has 0 atom stereocenters. The summed E-state index contributed by atoms with van der Waals surface area (Å²) in [6.07, 6.45) is -3.82. The van der Waals surface area contributed by atoms with Crippen molar-refractivity contribution in [2.24, 2.45) is 0 Å². The predicted molar refractivity (Wildman–Crippen MR) is 121 cm³/mol. The summed E-state index contributed by atoms with van der Waals surface area (Å²) < 4.78 is 64.8. The van der Waals surface area contributed by atoms with Gasteiger partial charge in [0.15, 0.2) is 9.84 Å². The highest BCUT2D eigenvalue weighted by atomic mass is 32.2. The van der Waals surface area contributed by atoms with E-state index in [4.69, 9.17) is 0 Å². The summed E-state index contributed by atoms with van der Waals surface area (Å²) in [5.74, 6) is -0.752. The molecule has 0 saturated carbocycles. The van der Waals surface area contributed by atoms with Crippen molar-refractivity contribution in [2.75, 3.05) is 21.7 Å². The number of amides is 1. The van der Waals surface area contributed by atoms with E-state index >= 15 is 0 Å². The zero-order valence-corrected chi connectivity index (χ0v) is 18.7. The number of aromatic nitrogens is 2. The van der Waals surface area contributed by atoms with E-state index in [2.05, 4.69) is 25.9 Å². The molecule has 34 heavy (non-hydrogen) atoms. The number of hydrogen-bond donors (Lipinski definition) is 3. The van der Waals surface area contributed by atoms with Crippen LogP contribution in [0.15, 0.2) is 53.6 Å². The molecule has 0 aliphatic carbocycles. The van der Waals surface area contributed by atoms with Gasteiger partial charge in [0, 0.05) is 24.1 Å². The van der Waals surface area contributed by atoms with E-state index in [9.17, 15) is 26.4 Å². The molecule has 1 aliphatic heterocycles. The molecule has 1 aliphatic rings. The summed E-state index contributed by atoms with van der Waals surface area (Å²) in [5.41, 5.74) is 1.37. The Balaban J connectivity index is 1.58. The molecule has 0 fully saturated rings. The van der Waals surface area contributed by atoms with Crippen molar-refractivity contribution in [1.82, 2.24) is 9.97 Å². The highest BCUT2D eigenvalue weighted by molar-refractivity contribution is 7.91. The van der Waals surface area contributed by atoms with Gasteiger partial charge < -0.3 is 16.0 Å². The second-order valence-corrected chi connectivity index (χ2v) is 9.86. The highest BCUT2D eigenvalue weighted by Gasteiger charge is 2.35. The first kappa shape index (κ1) is 23.5. The van der Waals surface area contributed by atoms with Gasteiger partial charge in [-0.25, -0.2) is 13.4 Å². The van der Waals surface area contributed by atoms with E-state index in [0.29, 0.717) is 23.1 Å². The molecule has 2 heterocycles. The lowest BCUT2D eigenvalue weighted by Gasteiger charge is -2.15. The maximum atomic E-state index is 13.5. The lowest BCUT2D eigenvalue weighted by Crippen LogP contribution is -2.14. The van der Waals surface area contributed by atoms with Crippen LogP contribution < -0.4 is 16.0 Å². The van der Waals surface area contributed by atoms with Gasteiger partial charge >= 0.3 is 6.18 Å². The van der Waals surface area contributed by atoms with Crippen LogP contribution >= 0.6 is 0 Å². The number of halogens is 3. The van der Waals surface area contributed by atoms with Crippen molar-refractivity contribution in [2.45, 2.75) is 31.0 Å². The van der Waals surface area contributed by atoms with E-state index in [1.54, 1.807) is 24.3 Å². The molecule has 1 amide bonds. The van der Waals surface area contributed by atoms with E-state index < -0.39 is 27.4 Å². The number of benzene rings is 2. The van der Waals surface area contributed by atoms with Gasteiger partial charge in [-0.1, -0.05) is 19.1 Å². The molecule has 0 spiro atoms. The van der Waals surface area contributed by atoms with Crippen molar-refractivity contribution >= 4 is 38.9 Å². The smallest absolute Gasteiger partial charge is 0.365 e. The maximum Gasteiger partial charge on any atom is 0.421 e. The molecule has 0 saturated heterocycles. The molecule has 8 nitrogen and oxygen atoms in total. The molecular formula is C22H20F3N5O3S. The first-order chi connectivity index (χ1) is 16.0. The van der Waals surface area contributed by atoms with Gasteiger partial charge in [0.2, 0.25) is 11.9 Å². The van der Waals surface area contributed by atoms with Gasteiger partial charge in [-0.2, -0.15) is 18.2 Å². The SMILES string of the molecule is CCS(=O)(=O)c1cccc(CNc2nc(Nc3ccc4c(c3)CC(=O)N4)ncc2C(F)(F)F)c1. The van der Waals surface area contributed by atoms with Crippen LogP contribution in [0.1, 0.15) is 23.6 Å². The number of nitrogens with one attached hydrogen (secondary N) is 3. The van der Waals surface area contributed by atoms with E-state index in [1.807, 2.05) is 0 Å². The molecular weight excluding hydrogens is 471 g/mol. The second-order valence-electron chi connectivity index (χ2n) is 7.58. The van der Waals surface area contributed by atoms with Gasteiger partial charge in [-0.05, 0) is 41.5 Å².